The minimum absolute atomic E-state index is 0.00872. The third-order valence-electron chi connectivity index (χ3n) is 8.68. The zero-order valence-corrected chi connectivity index (χ0v) is 18.9. The molecule has 1 spiro atoms. The number of rotatable bonds is 5. The van der Waals surface area contributed by atoms with Gasteiger partial charge in [-0.05, 0) is 26.3 Å². The summed E-state index contributed by atoms with van der Waals surface area (Å²) in [5.74, 6) is 0.0417. The van der Waals surface area contributed by atoms with Crippen LogP contribution >= 0.6 is 0 Å². The molecule has 0 aromatic heterocycles. The molecule has 5 fully saturated rings. The van der Waals surface area contributed by atoms with Gasteiger partial charge in [0.25, 0.3) is 0 Å². The molecule has 0 aromatic carbocycles. The zero-order chi connectivity index (χ0) is 22.6. The summed E-state index contributed by atoms with van der Waals surface area (Å²) in [6.07, 6.45) is 3.74. The van der Waals surface area contributed by atoms with Crippen LogP contribution in [0.3, 0.4) is 0 Å². The molecule has 0 aliphatic carbocycles. The molecule has 9 atom stereocenters. The maximum absolute atomic E-state index is 12.3. The lowest BCUT2D eigenvalue weighted by Crippen LogP contribution is -2.65. The number of esters is 2. The van der Waals surface area contributed by atoms with Crippen LogP contribution < -0.4 is 0 Å². The molecule has 6 rings (SSSR count). The van der Waals surface area contributed by atoms with Crippen molar-refractivity contribution in [2.75, 3.05) is 13.7 Å². The quantitative estimate of drug-likeness (QED) is 0.473. The Balaban J connectivity index is 1.47. The van der Waals surface area contributed by atoms with Gasteiger partial charge in [0.05, 0.1) is 36.2 Å². The number of allylic oxidation sites excluding steroid dienone is 1. The van der Waals surface area contributed by atoms with Gasteiger partial charge in [-0.3, -0.25) is 9.69 Å². The summed E-state index contributed by atoms with van der Waals surface area (Å²) in [5, 5.41) is 0. The Morgan fingerprint density at radius 3 is 2.91 bits per heavy atom. The van der Waals surface area contributed by atoms with Crippen molar-refractivity contribution in [1.82, 2.24) is 4.90 Å². The molecule has 1 unspecified atom stereocenters. The van der Waals surface area contributed by atoms with Crippen molar-refractivity contribution in [1.29, 1.82) is 0 Å². The summed E-state index contributed by atoms with van der Waals surface area (Å²) in [4.78, 5) is 26.8. The average Bonchev–Trinajstić information content (AvgIpc) is 3.46. The summed E-state index contributed by atoms with van der Waals surface area (Å²) in [6.45, 7) is 10.1. The summed E-state index contributed by atoms with van der Waals surface area (Å²) < 4.78 is 30.5. The molecular weight excluding hydrogens is 414 g/mol. The number of methoxy groups -OCH3 is 1. The van der Waals surface area contributed by atoms with Crippen LogP contribution in [-0.2, 0) is 33.3 Å². The van der Waals surface area contributed by atoms with Gasteiger partial charge in [0.2, 0.25) is 11.5 Å². The zero-order valence-electron chi connectivity index (χ0n) is 18.9. The first-order valence-corrected chi connectivity index (χ1v) is 11.4. The van der Waals surface area contributed by atoms with E-state index in [2.05, 4.69) is 18.4 Å². The second-order valence-electron chi connectivity index (χ2n) is 9.83. The lowest BCUT2D eigenvalue weighted by Gasteiger charge is -2.50. The number of fused-ring (bicyclic) bond motifs is 1. The van der Waals surface area contributed by atoms with Gasteiger partial charge in [-0.1, -0.05) is 13.0 Å². The molecule has 8 heteroatoms. The van der Waals surface area contributed by atoms with Gasteiger partial charge in [-0.2, -0.15) is 0 Å². The van der Waals surface area contributed by atoms with Crippen LogP contribution in [0.1, 0.15) is 40.0 Å². The lowest BCUT2D eigenvalue weighted by molar-refractivity contribution is -0.257. The van der Waals surface area contributed by atoms with Crippen LogP contribution in [0.2, 0.25) is 0 Å². The molecule has 0 radical (unpaired) electrons. The Morgan fingerprint density at radius 1 is 1.44 bits per heavy atom. The SMILES string of the molecule is C=CC[C@@H](OC(C)=O)[C@@]12[C@@H]3CCN1[C@H]1C[C@H]2O[C@@]32O/C(=C3\OC(=O)C(C)=C3OC)[C@@H](C)[C@H]12. The van der Waals surface area contributed by atoms with Crippen LogP contribution in [0.4, 0.5) is 0 Å². The largest absolute Gasteiger partial charge is 0.492 e. The van der Waals surface area contributed by atoms with Gasteiger partial charge in [0, 0.05) is 25.3 Å². The van der Waals surface area contributed by atoms with E-state index in [1.165, 1.54) is 14.0 Å². The highest BCUT2D eigenvalue weighted by Gasteiger charge is 2.86. The maximum atomic E-state index is 12.3. The summed E-state index contributed by atoms with van der Waals surface area (Å²) in [6, 6.07) is 0.247. The Kier molecular flexibility index (Phi) is 4.05. The molecule has 0 N–H and O–H groups in total. The van der Waals surface area contributed by atoms with Crippen molar-refractivity contribution < 1.29 is 33.3 Å². The molecule has 8 nitrogen and oxygen atoms in total. The number of ether oxygens (including phenoxy) is 5. The van der Waals surface area contributed by atoms with Gasteiger partial charge in [-0.15, -0.1) is 6.58 Å². The lowest BCUT2D eigenvalue weighted by atomic mass is 9.68. The molecule has 5 saturated heterocycles. The molecule has 32 heavy (non-hydrogen) atoms. The van der Waals surface area contributed by atoms with Crippen LogP contribution in [0.25, 0.3) is 0 Å². The normalized spacial score (nSPS) is 48.1. The van der Waals surface area contributed by atoms with Gasteiger partial charge in [0.1, 0.15) is 11.9 Å². The molecule has 6 aliphatic heterocycles. The van der Waals surface area contributed by atoms with E-state index < -0.39 is 17.3 Å². The Bertz CT molecular complexity index is 1000. The van der Waals surface area contributed by atoms with Crippen molar-refractivity contribution in [2.24, 2.45) is 17.8 Å². The number of cyclic esters (lactones) is 1. The monoisotopic (exact) mass is 443 g/mol. The van der Waals surface area contributed by atoms with E-state index in [-0.39, 0.29) is 42.0 Å². The van der Waals surface area contributed by atoms with Gasteiger partial charge >= 0.3 is 11.9 Å². The number of carbonyl (C=O) groups is 2. The highest BCUT2D eigenvalue weighted by molar-refractivity contribution is 5.93. The van der Waals surface area contributed by atoms with Crippen molar-refractivity contribution in [3.05, 3.63) is 35.5 Å². The molecule has 0 aromatic rings. The topological polar surface area (TPSA) is 83.5 Å². The fourth-order valence-electron chi connectivity index (χ4n) is 7.89. The summed E-state index contributed by atoms with van der Waals surface area (Å²) >= 11 is 0. The summed E-state index contributed by atoms with van der Waals surface area (Å²) in [5.41, 5.74) is 0.0265. The van der Waals surface area contributed by atoms with E-state index in [1.54, 1.807) is 6.92 Å². The van der Waals surface area contributed by atoms with Crippen LogP contribution in [0, 0.1) is 17.8 Å². The molecule has 0 amide bonds. The molecular formula is C24H29NO7. The van der Waals surface area contributed by atoms with Crippen molar-refractivity contribution in [2.45, 2.75) is 69.6 Å². The van der Waals surface area contributed by atoms with Crippen molar-refractivity contribution in [3.63, 3.8) is 0 Å². The molecule has 5 bridgehead atoms. The van der Waals surface area contributed by atoms with Crippen LogP contribution in [0.15, 0.2) is 35.5 Å². The van der Waals surface area contributed by atoms with E-state index in [4.69, 9.17) is 23.7 Å². The highest BCUT2D eigenvalue weighted by Crippen LogP contribution is 2.73. The Morgan fingerprint density at radius 2 is 2.22 bits per heavy atom. The smallest absolute Gasteiger partial charge is 0.343 e. The van der Waals surface area contributed by atoms with E-state index in [0.717, 1.165) is 19.4 Å². The van der Waals surface area contributed by atoms with E-state index in [1.807, 2.05) is 6.08 Å². The highest BCUT2D eigenvalue weighted by atomic mass is 16.7. The van der Waals surface area contributed by atoms with E-state index >= 15 is 0 Å². The maximum Gasteiger partial charge on any atom is 0.343 e. The first-order valence-electron chi connectivity index (χ1n) is 11.4. The summed E-state index contributed by atoms with van der Waals surface area (Å²) in [7, 11) is 1.53. The van der Waals surface area contributed by atoms with Gasteiger partial charge in [0.15, 0.2) is 5.76 Å². The predicted octanol–water partition coefficient (Wildman–Crippen LogP) is 2.41. The molecule has 0 saturated carbocycles. The van der Waals surface area contributed by atoms with Crippen molar-refractivity contribution in [3.8, 4) is 0 Å². The average molecular weight is 443 g/mol. The van der Waals surface area contributed by atoms with E-state index in [9.17, 15) is 9.59 Å². The minimum atomic E-state index is -0.816. The number of nitrogens with zero attached hydrogens (tertiary/aromatic N) is 1. The number of carbonyl (C=O) groups excluding carboxylic acids is 2. The molecule has 6 heterocycles. The standard InChI is InChI=1S/C24H29NO7/c1-6-7-16(29-13(4)26)23-15-8-9-25(23)14-10-17(23)31-24(15)18(14)11(2)20(32-24)21-19(28-5)12(3)22(27)30-21/h6,11,14-18H,1,7-10H2,2-5H3/b21-20-/t11-,14-,15-,16+,17+,18+,23+,24+/m0/s1. The van der Waals surface area contributed by atoms with Crippen molar-refractivity contribution >= 4 is 11.9 Å². The predicted molar refractivity (Wildman–Crippen MR) is 110 cm³/mol. The second kappa shape index (κ2) is 6.38. The number of hydrogen-bond donors (Lipinski definition) is 0. The fourth-order valence-corrected chi connectivity index (χ4v) is 7.89. The van der Waals surface area contributed by atoms with E-state index in [0.29, 0.717) is 29.3 Å². The van der Waals surface area contributed by atoms with Crippen LogP contribution in [0.5, 0.6) is 0 Å². The Labute approximate surface area is 187 Å². The van der Waals surface area contributed by atoms with Gasteiger partial charge < -0.3 is 23.7 Å². The molecule has 6 aliphatic rings. The second-order valence-corrected chi connectivity index (χ2v) is 9.83. The fraction of sp³-hybridized carbons (Fsp3) is 0.667. The number of piperidine rings is 1. The first-order chi connectivity index (χ1) is 15.3. The van der Waals surface area contributed by atoms with Gasteiger partial charge in [-0.25, -0.2) is 4.79 Å². The third-order valence-corrected chi connectivity index (χ3v) is 8.68. The van der Waals surface area contributed by atoms with Crippen LogP contribution in [-0.4, -0.2) is 60.1 Å². The Hall–Kier alpha value is -2.32. The molecule has 172 valence electrons. The number of hydrogen-bond acceptors (Lipinski definition) is 8. The minimum Gasteiger partial charge on any atom is -0.492 e. The third kappa shape index (κ3) is 2.07. The first kappa shape index (κ1) is 20.3.